The molecule has 0 saturated carbocycles. The molecule has 0 aliphatic heterocycles. The molecule has 1 heteroatoms. The fraction of sp³-hybridized carbons (Fsp3) is 0.333. The quantitative estimate of drug-likeness (QED) is 0.747. The van der Waals surface area contributed by atoms with Gasteiger partial charge in [-0.15, -0.1) is 0 Å². The van der Waals surface area contributed by atoms with Gasteiger partial charge < -0.3 is 5.73 Å². The lowest BCUT2D eigenvalue weighted by molar-refractivity contribution is 0.690. The highest BCUT2D eigenvalue weighted by Crippen LogP contribution is 2.19. The Balaban J connectivity index is 2.44. The first-order chi connectivity index (χ1) is 6.34. The first-order valence-electron chi connectivity index (χ1n) is 4.76. The van der Waals surface area contributed by atoms with E-state index < -0.39 is 0 Å². The molecule has 0 aliphatic carbocycles. The minimum Gasteiger partial charge on any atom is -0.405 e. The highest BCUT2D eigenvalue weighted by molar-refractivity contribution is 5.18. The molecular formula is C12H17N. The van der Waals surface area contributed by atoms with Crippen LogP contribution in [-0.2, 0) is 0 Å². The molecule has 0 radical (unpaired) electrons. The summed E-state index contributed by atoms with van der Waals surface area (Å²) in [5, 5.41) is 0. The maximum atomic E-state index is 5.27. The van der Waals surface area contributed by atoms with Gasteiger partial charge in [-0.3, -0.25) is 0 Å². The van der Waals surface area contributed by atoms with Gasteiger partial charge in [-0.1, -0.05) is 43.3 Å². The third-order valence-electron chi connectivity index (χ3n) is 2.27. The maximum Gasteiger partial charge on any atom is -0.0103 e. The van der Waals surface area contributed by atoms with Crippen molar-refractivity contribution < 1.29 is 0 Å². The summed E-state index contributed by atoms with van der Waals surface area (Å²) in [6.07, 6.45) is 5.86. The molecular weight excluding hydrogens is 158 g/mol. The van der Waals surface area contributed by atoms with Crippen molar-refractivity contribution in [1.82, 2.24) is 0 Å². The van der Waals surface area contributed by atoms with Crippen LogP contribution in [0.2, 0.25) is 0 Å². The average molecular weight is 175 g/mol. The molecule has 0 heterocycles. The summed E-state index contributed by atoms with van der Waals surface area (Å²) in [5.41, 5.74) is 6.68. The summed E-state index contributed by atoms with van der Waals surface area (Å²) < 4.78 is 0. The van der Waals surface area contributed by atoms with E-state index in [2.05, 4.69) is 37.3 Å². The number of rotatable bonds is 4. The minimum atomic E-state index is 0.623. The van der Waals surface area contributed by atoms with Crippen LogP contribution in [0, 0.1) is 0 Å². The van der Waals surface area contributed by atoms with Crippen molar-refractivity contribution >= 4 is 0 Å². The largest absolute Gasteiger partial charge is 0.405 e. The second-order valence-corrected chi connectivity index (χ2v) is 3.32. The maximum absolute atomic E-state index is 5.27. The van der Waals surface area contributed by atoms with Gasteiger partial charge in [0.1, 0.15) is 0 Å². The van der Waals surface area contributed by atoms with Crippen LogP contribution in [0.5, 0.6) is 0 Å². The summed E-state index contributed by atoms with van der Waals surface area (Å²) in [4.78, 5) is 0. The highest BCUT2D eigenvalue weighted by atomic mass is 14.5. The Morgan fingerprint density at radius 1 is 1.31 bits per heavy atom. The molecule has 0 spiro atoms. The Kier molecular flexibility index (Phi) is 4.10. The second-order valence-electron chi connectivity index (χ2n) is 3.32. The smallest absolute Gasteiger partial charge is 0.0103 e. The lowest BCUT2D eigenvalue weighted by Gasteiger charge is -2.09. The van der Waals surface area contributed by atoms with Gasteiger partial charge in [0.15, 0.2) is 0 Å². The molecule has 70 valence electrons. The first kappa shape index (κ1) is 9.85. The molecule has 1 nitrogen and oxygen atoms in total. The standard InChI is InChI=1S/C12H17N/c1-11(7-5-6-10-13)12-8-3-2-4-9-12/h2-4,6,8-11H,5,7,13H2,1H3. The van der Waals surface area contributed by atoms with Crippen LogP contribution in [0.25, 0.3) is 0 Å². The Morgan fingerprint density at radius 3 is 2.62 bits per heavy atom. The van der Waals surface area contributed by atoms with Gasteiger partial charge in [0, 0.05) is 0 Å². The van der Waals surface area contributed by atoms with Gasteiger partial charge in [0.05, 0.1) is 0 Å². The molecule has 0 amide bonds. The van der Waals surface area contributed by atoms with E-state index in [1.165, 1.54) is 5.56 Å². The summed E-state index contributed by atoms with van der Waals surface area (Å²) in [5.74, 6) is 0.623. The van der Waals surface area contributed by atoms with E-state index in [1.54, 1.807) is 6.20 Å². The van der Waals surface area contributed by atoms with Crippen molar-refractivity contribution in [3.8, 4) is 0 Å². The monoisotopic (exact) mass is 175 g/mol. The molecule has 0 aliphatic rings. The number of nitrogens with two attached hydrogens (primary N) is 1. The van der Waals surface area contributed by atoms with Gasteiger partial charge >= 0.3 is 0 Å². The van der Waals surface area contributed by atoms with Gasteiger partial charge in [0.25, 0.3) is 0 Å². The van der Waals surface area contributed by atoms with Crippen molar-refractivity contribution in [3.05, 3.63) is 48.2 Å². The van der Waals surface area contributed by atoms with E-state index in [4.69, 9.17) is 5.73 Å². The molecule has 0 aromatic heterocycles. The molecule has 0 saturated heterocycles. The normalized spacial score (nSPS) is 13.3. The Hall–Kier alpha value is -1.24. The van der Waals surface area contributed by atoms with Crippen LogP contribution in [0.4, 0.5) is 0 Å². The average Bonchev–Trinajstić information content (AvgIpc) is 2.19. The Morgan fingerprint density at radius 2 is 2.00 bits per heavy atom. The van der Waals surface area contributed by atoms with Crippen molar-refractivity contribution in [2.75, 3.05) is 0 Å². The Bertz CT molecular complexity index is 251. The summed E-state index contributed by atoms with van der Waals surface area (Å²) >= 11 is 0. The first-order valence-corrected chi connectivity index (χ1v) is 4.76. The molecule has 13 heavy (non-hydrogen) atoms. The third-order valence-corrected chi connectivity index (χ3v) is 2.27. The van der Waals surface area contributed by atoms with Crippen LogP contribution < -0.4 is 5.73 Å². The zero-order chi connectivity index (χ0) is 9.52. The number of hydrogen-bond acceptors (Lipinski definition) is 1. The number of benzene rings is 1. The van der Waals surface area contributed by atoms with Crippen LogP contribution in [0.3, 0.4) is 0 Å². The van der Waals surface area contributed by atoms with Crippen LogP contribution in [-0.4, -0.2) is 0 Å². The van der Waals surface area contributed by atoms with Crippen LogP contribution in [0.1, 0.15) is 31.2 Å². The summed E-state index contributed by atoms with van der Waals surface area (Å²) in [6.45, 7) is 2.25. The number of hydrogen-bond donors (Lipinski definition) is 1. The molecule has 1 atom stereocenters. The topological polar surface area (TPSA) is 26.0 Å². The third kappa shape index (κ3) is 3.32. The molecule has 0 bridgehead atoms. The molecule has 1 aromatic carbocycles. The van der Waals surface area contributed by atoms with E-state index in [9.17, 15) is 0 Å². The SMILES string of the molecule is CC(CCC=CN)c1ccccc1. The summed E-state index contributed by atoms with van der Waals surface area (Å²) in [6, 6.07) is 10.6. The lowest BCUT2D eigenvalue weighted by Crippen LogP contribution is -1.92. The van der Waals surface area contributed by atoms with Gasteiger partial charge in [0.2, 0.25) is 0 Å². The molecule has 1 rings (SSSR count). The van der Waals surface area contributed by atoms with Crippen LogP contribution >= 0.6 is 0 Å². The Labute approximate surface area is 80.3 Å². The summed E-state index contributed by atoms with van der Waals surface area (Å²) in [7, 11) is 0. The zero-order valence-electron chi connectivity index (χ0n) is 8.11. The molecule has 1 aromatic rings. The van der Waals surface area contributed by atoms with E-state index in [0.717, 1.165) is 12.8 Å². The zero-order valence-corrected chi connectivity index (χ0v) is 8.11. The fourth-order valence-electron chi connectivity index (χ4n) is 1.39. The molecule has 2 N–H and O–H groups in total. The minimum absolute atomic E-state index is 0.623. The van der Waals surface area contributed by atoms with Crippen molar-refractivity contribution in [3.63, 3.8) is 0 Å². The van der Waals surface area contributed by atoms with Crippen molar-refractivity contribution in [2.24, 2.45) is 5.73 Å². The van der Waals surface area contributed by atoms with E-state index in [-0.39, 0.29) is 0 Å². The fourth-order valence-corrected chi connectivity index (χ4v) is 1.39. The highest BCUT2D eigenvalue weighted by Gasteiger charge is 2.02. The number of allylic oxidation sites excluding steroid dienone is 1. The van der Waals surface area contributed by atoms with Gasteiger partial charge in [-0.25, -0.2) is 0 Å². The lowest BCUT2D eigenvalue weighted by atomic mass is 9.96. The predicted octanol–water partition coefficient (Wildman–Crippen LogP) is 3.04. The van der Waals surface area contributed by atoms with Crippen molar-refractivity contribution in [1.29, 1.82) is 0 Å². The van der Waals surface area contributed by atoms with Crippen molar-refractivity contribution in [2.45, 2.75) is 25.7 Å². The van der Waals surface area contributed by atoms with E-state index >= 15 is 0 Å². The molecule has 1 unspecified atom stereocenters. The molecule has 0 fully saturated rings. The van der Waals surface area contributed by atoms with E-state index in [0.29, 0.717) is 5.92 Å². The second kappa shape index (κ2) is 5.41. The van der Waals surface area contributed by atoms with Gasteiger partial charge in [-0.05, 0) is 30.5 Å². The van der Waals surface area contributed by atoms with Gasteiger partial charge in [-0.2, -0.15) is 0 Å². The van der Waals surface area contributed by atoms with Crippen LogP contribution in [0.15, 0.2) is 42.6 Å². The predicted molar refractivity (Wildman–Crippen MR) is 57.4 cm³/mol. The van der Waals surface area contributed by atoms with E-state index in [1.807, 2.05) is 6.08 Å².